The first-order valence-electron chi connectivity index (χ1n) is 7.88. The molecule has 3 heteroatoms. The third-order valence-corrected chi connectivity index (χ3v) is 4.28. The topological polar surface area (TPSA) is 38.5 Å². The van der Waals surface area contributed by atoms with Crippen LogP contribution in [-0.4, -0.2) is 19.7 Å². The molecule has 1 fully saturated rings. The fourth-order valence-electron chi connectivity index (χ4n) is 3.37. The standard InChI is InChI=1S/C17H28N2O/c1-4-8-14-9-5-6-12-19(14)15-10-7-11-16(20-3)17(15)13(2)18/h7,10-11,13-14H,4-6,8-9,12,18H2,1-3H3. The average Bonchev–Trinajstić information content (AvgIpc) is 2.47. The molecule has 20 heavy (non-hydrogen) atoms. The molecule has 2 N–H and O–H groups in total. The number of hydrogen-bond acceptors (Lipinski definition) is 3. The van der Waals surface area contributed by atoms with E-state index >= 15 is 0 Å². The highest BCUT2D eigenvalue weighted by molar-refractivity contribution is 5.61. The quantitative estimate of drug-likeness (QED) is 0.887. The summed E-state index contributed by atoms with van der Waals surface area (Å²) in [5.41, 5.74) is 8.64. The lowest BCUT2D eigenvalue weighted by Crippen LogP contribution is -2.40. The van der Waals surface area contributed by atoms with E-state index in [0.717, 1.165) is 17.9 Å². The van der Waals surface area contributed by atoms with Crippen LogP contribution in [0, 0.1) is 0 Å². The molecule has 0 aromatic heterocycles. The monoisotopic (exact) mass is 276 g/mol. The summed E-state index contributed by atoms with van der Waals surface area (Å²) in [6, 6.07) is 6.94. The van der Waals surface area contributed by atoms with Gasteiger partial charge in [-0.1, -0.05) is 19.4 Å². The molecule has 1 heterocycles. The predicted octanol–water partition coefficient (Wildman–Crippen LogP) is 3.87. The number of anilines is 1. The number of benzene rings is 1. The molecule has 1 aliphatic heterocycles. The van der Waals surface area contributed by atoms with Crippen molar-refractivity contribution in [3.05, 3.63) is 23.8 Å². The number of nitrogens with two attached hydrogens (primary N) is 1. The molecule has 1 aromatic carbocycles. The zero-order chi connectivity index (χ0) is 14.5. The third-order valence-electron chi connectivity index (χ3n) is 4.28. The van der Waals surface area contributed by atoms with Crippen LogP contribution in [0.1, 0.15) is 57.6 Å². The van der Waals surface area contributed by atoms with Crippen LogP contribution in [0.15, 0.2) is 18.2 Å². The minimum Gasteiger partial charge on any atom is -0.496 e. The van der Waals surface area contributed by atoms with Gasteiger partial charge in [0.25, 0.3) is 0 Å². The molecule has 2 atom stereocenters. The molecule has 0 saturated carbocycles. The zero-order valence-corrected chi connectivity index (χ0v) is 13.1. The van der Waals surface area contributed by atoms with Crippen molar-refractivity contribution in [3.63, 3.8) is 0 Å². The minimum atomic E-state index is -0.00893. The highest BCUT2D eigenvalue weighted by Crippen LogP contribution is 2.37. The Labute approximate surface area is 123 Å². The van der Waals surface area contributed by atoms with Crippen LogP contribution in [-0.2, 0) is 0 Å². The van der Waals surface area contributed by atoms with E-state index in [2.05, 4.69) is 24.0 Å². The van der Waals surface area contributed by atoms with Gasteiger partial charge in [-0.05, 0) is 44.7 Å². The number of ether oxygens (including phenoxy) is 1. The van der Waals surface area contributed by atoms with Gasteiger partial charge in [-0.15, -0.1) is 0 Å². The van der Waals surface area contributed by atoms with Gasteiger partial charge in [0.1, 0.15) is 5.75 Å². The Morgan fingerprint density at radius 1 is 1.40 bits per heavy atom. The van der Waals surface area contributed by atoms with Crippen molar-refractivity contribution >= 4 is 5.69 Å². The number of nitrogens with zero attached hydrogens (tertiary/aromatic N) is 1. The second kappa shape index (κ2) is 6.98. The SMILES string of the molecule is CCCC1CCCCN1c1cccc(OC)c1C(C)N. The second-order valence-electron chi connectivity index (χ2n) is 5.81. The van der Waals surface area contributed by atoms with E-state index in [0.29, 0.717) is 6.04 Å². The van der Waals surface area contributed by atoms with E-state index in [1.165, 1.54) is 37.8 Å². The molecule has 0 amide bonds. The lowest BCUT2D eigenvalue weighted by Gasteiger charge is -2.39. The molecule has 1 aromatic rings. The van der Waals surface area contributed by atoms with Crippen LogP contribution in [0.5, 0.6) is 5.75 Å². The van der Waals surface area contributed by atoms with Gasteiger partial charge in [0.15, 0.2) is 0 Å². The Hall–Kier alpha value is -1.22. The maximum Gasteiger partial charge on any atom is 0.125 e. The van der Waals surface area contributed by atoms with Gasteiger partial charge >= 0.3 is 0 Å². The van der Waals surface area contributed by atoms with Crippen LogP contribution in [0.25, 0.3) is 0 Å². The summed E-state index contributed by atoms with van der Waals surface area (Å²) in [4.78, 5) is 2.56. The molecule has 2 unspecified atom stereocenters. The average molecular weight is 276 g/mol. The molecule has 0 aliphatic carbocycles. The number of rotatable bonds is 5. The normalized spacial score (nSPS) is 20.8. The van der Waals surface area contributed by atoms with E-state index in [1.54, 1.807) is 7.11 Å². The summed E-state index contributed by atoms with van der Waals surface area (Å²) >= 11 is 0. The summed E-state index contributed by atoms with van der Waals surface area (Å²) in [6.07, 6.45) is 6.41. The van der Waals surface area contributed by atoms with Crippen molar-refractivity contribution < 1.29 is 4.74 Å². The molecule has 0 radical (unpaired) electrons. The van der Waals surface area contributed by atoms with Gasteiger partial charge < -0.3 is 15.4 Å². The Kier molecular flexibility index (Phi) is 5.30. The molecule has 1 aliphatic rings. The number of hydrogen-bond donors (Lipinski definition) is 1. The summed E-state index contributed by atoms with van der Waals surface area (Å²) in [5.74, 6) is 0.915. The first-order chi connectivity index (χ1) is 9.69. The van der Waals surface area contributed by atoms with Gasteiger partial charge in [-0.25, -0.2) is 0 Å². The zero-order valence-electron chi connectivity index (χ0n) is 13.1. The fraction of sp³-hybridized carbons (Fsp3) is 0.647. The smallest absolute Gasteiger partial charge is 0.125 e. The van der Waals surface area contributed by atoms with Gasteiger partial charge in [0.2, 0.25) is 0 Å². The van der Waals surface area contributed by atoms with Crippen molar-refractivity contribution in [2.24, 2.45) is 5.73 Å². The van der Waals surface area contributed by atoms with E-state index in [1.807, 2.05) is 13.0 Å². The number of piperidine rings is 1. The molecular weight excluding hydrogens is 248 g/mol. The van der Waals surface area contributed by atoms with Crippen LogP contribution >= 0.6 is 0 Å². The van der Waals surface area contributed by atoms with Gasteiger partial charge in [0.05, 0.1) is 7.11 Å². The van der Waals surface area contributed by atoms with Gasteiger partial charge in [-0.2, -0.15) is 0 Å². The minimum absolute atomic E-state index is 0.00893. The predicted molar refractivity (Wildman–Crippen MR) is 85.5 cm³/mol. The van der Waals surface area contributed by atoms with Gasteiger partial charge in [-0.3, -0.25) is 0 Å². The highest BCUT2D eigenvalue weighted by atomic mass is 16.5. The van der Waals surface area contributed by atoms with Crippen molar-refractivity contribution in [2.75, 3.05) is 18.6 Å². The summed E-state index contributed by atoms with van der Waals surface area (Å²) in [5, 5.41) is 0. The van der Waals surface area contributed by atoms with Crippen molar-refractivity contribution in [3.8, 4) is 5.75 Å². The largest absolute Gasteiger partial charge is 0.496 e. The van der Waals surface area contributed by atoms with E-state index in [4.69, 9.17) is 10.5 Å². The molecule has 3 nitrogen and oxygen atoms in total. The lowest BCUT2D eigenvalue weighted by molar-refractivity contribution is 0.403. The lowest BCUT2D eigenvalue weighted by atomic mass is 9.95. The molecule has 1 saturated heterocycles. The number of methoxy groups -OCH3 is 1. The molecule has 112 valence electrons. The Bertz CT molecular complexity index is 429. The molecular formula is C17H28N2O. The Balaban J connectivity index is 2.39. The molecule has 0 spiro atoms. The first kappa shape index (κ1) is 15.2. The second-order valence-corrected chi connectivity index (χ2v) is 5.81. The summed E-state index contributed by atoms with van der Waals surface area (Å²) in [7, 11) is 1.73. The Morgan fingerprint density at radius 2 is 2.20 bits per heavy atom. The van der Waals surface area contributed by atoms with Gasteiger partial charge in [0, 0.05) is 29.9 Å². The first-order valence-corrected chi connectivity index (χ1v) is 7.88. The third kappa shape index (κ3) is 3.09. The summed E-state index contributed by atoms with van der Waals surface area (Å²) < 4.78 is 5.53. The fourth-order valence-corrected chi connectivity index (χ4v) is 3.37. The van der Waals surface area contributed by atoms with Crippen molar-refractivity contribution in [1.29, 1.82) is 0 Å². The van der Waals surface area contributed by atoms with Crippen LogP contribution in [0.4, 0.5) is 5.69 Å². The maximum absolute atomic E-state index is 6.21. The highest BCUT2D eigenvalue weighted by Gasteiger charge is 2.25. The summed E-state index contributed by atoms with van der Waals surface area (Å²) in [6.45, 7) is 5.45. The van der Waals surface area contributed by atoms with E-state index in [9.17, 15) is 0 Å². The van der Waals surface area contributed by atoms with Crippen LogP contribution in [0.3, 0.4) is 0 Å². The van der Waals surface area contributed by atoms with Crippen molar-refractivity contribution in [1.82, 2.24) is 0 Å². The maximum atomic E-state index is 6.21. The van der Waals surface area contributed by atoms with Crippen LogP contribution in [0.2, 0.25) is 0 Å². The van der Waals surface area contributed by atoms with Crippen LogP contribution < -0.4 is 15.4 Å². The molecule has 2 rings (SSSR count). The molecule has 0 bridgehead atoms. The Morgan fingerprint density at radius 3 is 2.85 bits per heavy atom. The van der Waals surface area contributed by atoms with Crippen molar-refractivity contribution in [2.45, 2.75) is 58.0 Å². The van der Waals surface area contributed by atoms with E-state index in [-0.39, 0.29) is 6.04 Å². The van der Waals surface area contributed by atoms with E-state index < -0.39 is 0 Å².